The number of benzene rings is 2. The molecule has 1 saturated heterocycles. The van der Waals surface area contributed by atoms with Crippen LogP contribution < -0.4 is 19.7 Å². The highest BCUT2D eigenvalue weighted by Gasteiger charge is 2.30. The molecule has 1 amide bonds. The standard InChI is InChI=1S/C23H29N3O6S/c1-3-26(4-2)33(28,29)17-9-10-19(25-11-13-30-14-12-25)18(15-17)24-23(27)22-16-31-20-7-5-6-8-21(20)32-22/h5-10,15,22H,3-4,11-14,16H2,1-2H3,(H,24,27)/t22-/m0/s1. The van der Waals surface area contributed by atoms with Crippen LogP contribution in [0.5, 0.6) is 11.5 Å². The van der Waals surface area contributed by atoms with Gasteiger partial charge in [0, 0.05) is 26.2 Å². The number of fused-ring (bicyclic) bond motifs is 1. The Balaban J connectivity index is 1.63. The van der Waals surface area contributed by atoms with Crippen molar-refractivity contribution in [1.29, 1.82) is 0 Å². The molecule has 1 fully saturated rings. The third kappa shape index (κ3) is 4.92. The van der Waals surface area contributed by atoms with Gasteiger partial charge >= 0.3 is 0 Å². The Bertz CT molecular complexity index is 1100. The van der Waals surface area contributed by atoms with Crippen molar-refractivity contribution in [3.05, 3.63) is 42.5 Å². The van der Waals surface area contributed by atoms with Gasteiger partial charge in [-0.15, -0.1) is 0 Å². The number of carbonyl (C=O) groups is 1. The fraction of sp³-hybridized carbons (Fsp3) is 0.435. The predicted octanol–water partition coefficient (Wildman–Crippen LogP) is 2.33. The van der Waals surface area contributed by atoms with E-state index in [-0.39, 0.29) is 11.5 Å². The van der Waals surface area contributed by atoms with Crippen molar-refractivity contribution in [3.8, 4) is 11.5 Å². The Hall–Kier alpha value is -2.82. The van der Waals surface area contributed by atoms with E-state index in [4.69, 9.17) is 14.2 Å². The van der Waals surface area contributed by atoms with E-state index in [0.29, 0.717) is 56.6 Å². The van der Waals surface area contributed by atoms with Gasteiger partial charge in [-0.25, -0.2) is 8.42 Å². The molecule has 2 aromatic rings. The summed E-state index contributed by atoms with van der Waals surface area (Å²) in [5, 5.41) is 2.89. The number of ether oxygens (including phenoxy) is 3. The zero-order valence-electron chi connectivity index (χ0n) is 18.8. The van der Waals surface area contributed by atoms with Gasteiger partial charge < -0.3 is 24.4 Å². The van der Waals surface area contributed by atoms with E-state index in [1.165, 1.54) is 10.4 Å². The first-order valence-electron chi connectivity index (χ1n) is 11.1. The highest BCUT2D eigenvalue weighted by atomic mass is 32.2. The van der Waals surface area contributed by atoms with E-state index in [9.17, 15) is 13.2 Å². The van der Waals surface area contributed by atoms with Crippen LogP contribution in [-0.2, 0) is 19.6 Å². The van der Waals surface area contributed by atoms with Crippen LogP contribution in [0, 0.1) is 0 Å². The molecule has 2 heterocycles. The minimum absolute atomic E-state index is 0.0627. The number of sulfonamides is 1. The molecule has 178 valence electrons. The second kappa shape index (κ2) is 9.98. The summed E-state index contributed by atoms with van der Waals surface area (Å²) in [5.74, 6) is 0.675. The number of hydrogen-bond acceptors (Lipinski definition) is 7. The van der Waals surface area contributed by atoms with Gasteiger partial charge in [0.15, 0.2) is 11.5 Å². The van der Waals surface area contributed by atoms with Crippen molar-refractivity contribution in [1.82, 2.24) is 4.31 Å². The lowest BCUT2D eigenvalue weighted by Gasteiger charge is -2.31. The molecule has 9 nitrogen and oxygen atoms in total. The number of carbonyl (C=O) groups excluding carboxylic acids is 1. The van der Waals surface area contributed by atoms with Crippen molar-refractivity contribution in [2.45, 2.75) is 24.8 Å². The second-order valence-corrected chi connectivity index (χ2v) is 9.66. The second-order valence-electron chi connectivity index (χ2n) is 7.72. The van der Waals surface area contributed by atoms with Crippen LogP contribution in [0.2, 0.25) is 0 Å². The average molecular weight is 476 g/mol. The smallest absolute Gasteiger partial charge is 0.269 e. The number of amides is 1. The molecule has 2 aliphatic heterocycles. The maximum absolute atomic E-state index is 13.1. The van der Waals surface area contributed by atoms with Crippen molar-refractivity contribution in [2.75, 3.05) is 56.2 Å². The largest absolute Gasteiger partial charge is 0.485 e. The zero-order valence-corrected chi connectivity index (χ0v) is 19.6. The first-order chi connectivity index (χ1) is 15.9. The predicted molar refractivity (Wildman–Crippen MR) is 125 cm³/mol. The quantitative estimate of drug-likeness (QED) is 0.656. The van der Waals surface area contributed by atoms with Gasteiger partial charge in [0.25, 0.3) is 5.91 Å². The summed E-state index contributed by atoms with van der Waals surface area (Å²) in [5.41, 5.74) is 1.15. The molecule has 33 heavy (non-hydrogen) atoms. The van der Waals surface area contributed by atoms with E-state index >= 15 is 0 Å². The molecule has 0 saturated carbocycles. The van der Waals surface area contributed by atoms with Gasteiger partial charge in [0.1, 0.15) is 6.61 Å². The highest BCUT2D eigenvalue weighted by molar-refractivity contribution is 7.89. The van der Waals surface area contributed by atoms with Crippen molar-refractivity contribution in [3.63, 3.8) is 0 Å². The Morgan fingerprint density at radius 1 is 1.09 bits per heavy atom. The third-order valence-corrected chi connectivity index (χ3v) is 7.77. The number of morpholine rings is 1. The van der Waals surface area contributed by atoms with E-state index in [0.717, 1.165) is 5.69 Å². The monoisotopic (exact) mass is 475 g/mol. The van der Waals surface area contributed by atoms with Crippen LogP contribution in [-0.4, -0.2) is 70.7 Å². The first kappa shape index (κ1) is 23.3. The summed E-state index contributed by atoms with van der Waals surface area (Å²) < 4.78 is 44.5. The normalized spacial score (nSPS) is 18.3. The van der Waals surface area contributed by atoms with Crippen LogP contribution in [0.3, 0.4) is 0 Å². The molecule has 0 radical (unpaired) electrons. The Morgan fingerprint density at radius 3 is 2.48 bits per heavy atom. The summed E-state index contributed by atoms with van der Waals surface area (Å²) in [6.45, 7) is 6.77. The molecular weight excluding hydrogens is 446 g/mol. The molecule has 0 unspecified atom stereocenters. The van der Waals surface area contributed by atoms with Gasteiger partial charge in [-0.2, -0.15) is 4.31 Å². The number of rotatable bonds is 7. The summed E-state index contributed by atoms with van der Waals surface area (Å²) in [7, 11) is -3.69. The van der Waals surface area contributed by atoms with Crippen LogP contribution in [0.15, 0.2) is 47.4 Å². The summed E-state index contributed by atoms with van der Waals surface area (Å²) >= 11 is 0. The van der Waals surface area contributed by atoms with Crippen LogP contribution in [0.25, 0.3) is 0 Å². The SMILES string of the molecule is CCN(CC)S(=O)(=O)c1ccc(N2CCOCC2)c(NC(=O)[C@@H]2COc3ccccc3O2)c1. The molecular formula is C23H29N3O6S. The fourth-order valence-corrected chi connectivity index (χ4v) is 5.42. The van der Waals surface area contributed by atoms with Gasteiger partial charge in [-0.05, 0) is 30.3 Å². The number of para-hydroxylation sites is 2. The van der Waals surface area contributed by atoms with Crippen molar-refractivity contribution >= 4 is 27.3 Å². The Morgan fingerprint density at radius 2 is 1.79 bits per heavy atom. The molecule has 2 aliphatic rings. The maximum atomic E-state index is 13.1. The molecule has 1 N–H and O–H groups in total. The van der Waals surface area contributed by atoms with Gasteiger partial charge in [-0.3, -0.25) is 4.79 Å². The fourth-order valence-electron chi connectivity index (χ4n) is 3.93. The van der Waals surface area contributed by atoms with E-state index in [1.807, 2.05) is 6.07 Å². The van der Waals surface area contributed by atoms with Crippen LogP contribution in [0.1, 0.15) is 13.8 Å². The van der Waals surface area contributed by atoms with E-state index < -0.39 is 22.0 Å². The van der Waals surface area contributed by atoms with Crippen molar-refractivity contribution < 1.29 is 27.4 Å². The van der Waals surface area contributed by atoms with E-state index in [2.05, 4.69) is 10.2 Å². The zero-order chi connectivity index (χ0) is 23.4. The molecule has 0 bridgehead atoms. The number of nitrogens with one attached hydrogen (secondary N) is 1. The molecule has 10 heteroatoms. The average Bonchev–Trinajstić information content (AvgIpc) is 2.84. The minimum atomic E-state index is -3.69. The number of hydrogen-bond donors (Lipinski definition) is 1. The van der Waals surface area contributed by atoms with Crippen LogP contribution in [0.4, 0.5) is 11.4 Å². The Kier molecular flexibility index (Phi) is 7.06. The lowest BCUT2D eigenvalue weighted by atomic mass is 10.2. The van der Waals surface area contributed by atoms with Gasteiger partial charge in [-0.1, -0.05) is 26.0 Å². The Labute approximate surface area is 194 Å². The molecule has 0 aliphatic carbocycles. The summed E-state index contributed by atoms with van der Waals surface area (Å²) in [6.07, 6.45) is -0.861. The van der Waals surface area contributed by atoms with Crippen molar-refractivity contribution in [2.24, 2.45) is 0 Å². The molecule has 4 rings (SSSR count). The molecule has 0 aromatic heterocycles. The number of anilines is 2. The van der Waals surface area contributed by atoms with Gasteiger partial charge in [0.05, 0.1) is 29.5 Å². The lowest BCUT2D eigenvalue weighted by molar-refractivity contribution is -0.125. The lowest BCUT2D eigenvalue weighted by Crippen LogP contribution is -2.41. The topological polar surface area (TPSA) is 97.4 Å². The highest BCUT2D eigenvalue weighted by Crippen LogP contribution is 2.33. The molecule has 1 atom stereocenters. The van der Waals surface area contributed by atoms with Crippen LogP contribution >= 0.6 is 0 Å². The maximum Gasteiger partial charge on any atom is 0.269 e. The third-order valence-electron chi connectivity index (χ3n) is 5.72. The van der Waals surface area contributed by atoms with Gasteiger partial charge in [0.2, 0.25) is 16.1 Å². The minimum Gasteiger partial charge on any atom is -0.485 e. The number of nitrogens with zero attached hydrogens (tertiary/aromatic N) is 2. The molecule has 2 aromatic carbocycles. The first-order valence-corrected chi connectivity index (χ1v) is 12.5. The summed E-state index contributed by atoms with van der Waals surface area (Å²) in [4.78, 5) is 15.3. The summed E-state index contributed by atoms with van der Waals surface area (Å²) in [6, 6.07) is 12.0. The van der Waals surface area contributed by atoms with E-state index in [1.54, 1.807) is 44.2 Å². The molecule has 0 spiro atoms.